The Balaban J connectivity index is 1.39. The minimum atomic E-state index is 1.17. The average Bonchev–Trinajstić information content (AvgIpc) is 3.35. The first kappa shape index (κ1) is 22.8. The van der Waals surface area contributed by atoms with E-state index in [4.69, 9.17) is 0 Å². The van der Waals surface area contributed by atoms with Gasteiger partial charge in [-0.1, -0.05) is 121 Å². The highest BCUT2D eigenvalue weighted by atomic mass is 15.0. The van der Waals surface area contributed by atoms with E-state index in [1.54, 1.807) is 0 Å². The molecule has 1 heterocycles. The molecule has 0 fully saturated rings. The van der Waals surface area contributed by atoms with Gasteiger partial charge in [0.1, 0.15) is 0 Å². The van der Waals surface area contributed by atoms with Gasteiger partial charge in [0, 0.05) is 16.5 Å². The molecule has 8 aromatic rings. The van der Waals surface area contributed by atoms with Gasteiger partial charge in [-0.25, -0.2) is 0 Å². The normalized spacial score (nSPS) is 11.6. The molecule has 0 aliphatic rings. The van der Waals surface area contributed by atoms with Gasteiger partial charge in [0.25, 0.3) is 0 Å². The number of hydrogen-bond acceptors (Lipinski definition) is 0. The number of nitrogens with zero attached hydrogens (tertiary/aromatic N) is 1. The molecule has 8 rings (SSSR count). The van der Waals surface area contributed by atoms with Crippen molar-refractivity contribution in [3.63, 3.8) is 0 Å². The Morgan fingerprint density at radius 3 is 1.80 bits per heavy atom. The van der Waals surface area contributed by atoms with Crippen LogP contribution in [0.1, 0.15) is 5.56 Å². The highest BCUT2D eigenvalue weighted by Gasteiger charge is 2.16. The molecule has 188 valence electrons. The number of hydrogen-bond donors (Lipinski definition) is 0. The molecule has 0 N–H and O–H groups in total. The van der Waals surface area contributed by atoms with Crippen LogP contribution < -0.4 is 0 Å². The summed E-state index contributed by atoms with van der Waals surface area (Å²) in [6, 6.07) is 53.2. The van der Waals surface area contributed by atoms with E-state index in [0.717, 1.165) is 0 Å². The molecule has 0 amide bonds. The summed E-state index contributed by atoms with van der Waals surface area (Å²) in [6.07, 6.45) is 0. The highest BCUT2D eigenvalue weighted by Crippen LogP contribution is 2.40. The summed E-state index contributed by atoms with van der Waals surface area (Å²) in [4.78, 5) is 0. The lowest BCUT2D eigenvalue weighted by atomic mass is 9.96. The molecule has 1 nitrogen and oxygen atoms in total. The molecule has 0 saturated heterocycles. The zero-order valence-electron chi connectivity index (χ0n) is 22.3. The molecule has 1 aromatic heterocycles. The molecule has 7 aromatic carbocycles. The fourth-order valence-corrected chi connectivity index (χ4v) is 6.26. The quantitative estimate of drug-likeness (QED) is 0.223. The number of fused-ring (bicyclic) bond motifs is 6. The molecule has 0 saturated carbocycles. The first-order valence-electron chi connectivity index (χ1n) is 13.9. The van der Waals surface area contributed by atoms with E-state index < -0.39 is 0 Å². The maximum atomic E-state index is 2.42. The summed E-state index contributed by atoms with van der Waals surface area (Å²) in [7, 11) is 0. The fraction of sp³-hybridized carbons (Fsp3) is 0.0256. The molecule has 0 atom stereocenters. The van der Waals surface area contributed by atoms with Crippen LogP contribution in [-0.2, 0) is 0 Å². The molecule has 0 aliphatic carbocycles. The van der Waals surface area contributed by atoms with E-state index in [0.29, 0.717) is 0 Å². The molecule has 0 bridgehead atoms. The van der Waals surface area contributed by atoms with Gasteiger partial charge < -0.3 is 4.57 Å². The van der Waals surface area contributed by atoms with E-state index in [-0.39, 0.29) is 0 Å². The summed E-state index contributed by atoms with van der Waals surface area (Å²) >= 11 is 0. The van der Waals surface area contributed by atoms with Gasteiger partial charge in [-0.15, -0.1) is 0 Å². The Kier molecular flexibility index (Phi) is 5.11. The van der Waals surface area contributed by atoms with Gasteiger partial charge in [-0.3, -0.25) is 0 Å². The first-order valence-corrected chi connectivity index (χ1v) is 13.9. The van der Waals surface area contributed by atoms with Crippen LogP contribution >= 0.6 is 0 Å². The Morgan fingerprint density at radius 1 is 0.425 bits per heavy atom. The predicted molar refractivity (Wildman–Crippen MR) is 171 cm³/mol. The topological polar surface area (TPSA) is 4.93 Å². The van der Waals surface area contributed by atoms with Crippen LogP contribution in [0.2, 0.25) is 0 Å². The third-order valence-corrected chi connectivity index (χ3v) is 8.27. The van der Waals surface area contributed by atoms with Crippen molar-refractivity contribution in [2.24, 2.45) is 0 Å². The Hall–Kier alpha value is -5.14. The van der Waals surface area contributed by atoms with Crippen LogP contribution in [0.25, 0.3) is 71.3 Å². The van der Waals surface area contributed by atoms with Crippen molar-refractivity contribution in [2.45, 2.75) is 6.92 Å². The number of rotatable bonds is 3. The highest BCUT2D eigenvalue weighted by molar-refractivity contribution is 6.22. The van der Waals surface area contributed by atoms with Crippen LogP contribution in [0.3, 0.4) is 0 Å². The van der Waals surface area contributed by atoms with Crippen LogP contribution in [0.4, 0.5) is 0 Å². The first-order chi connectivity index (χ1) is 19.7. The SMILES string of the molecule is Cc1ccc(-c2ccc(-n3c4ccc(-c5cccc6ccccc56)cc4c4c5ccccc5ccc43)cc2)cc1. The fourth-order valence-electron chi connectivity index (χ4n) is 6.26. The number of benzene rings is 7. The van der Waals surface area contributed by atoms with Crippen LogP contribution in [-0.4, -0.2) is 4.57 Å². The van der Waals surface area contributed by atoms with E-state index in [1.165, 1.54) is 76.9 Å². The summed E-state index contributed by atoms with van der Waals surface area (Å²) < 4.78 is 2.42. The maximum absolute atomic E-state index is 2.42. The second-order valence-corrected chi connectivity index (χ2v) is 10.7. The van der Waals surface area contributed by atoms with E-state index in [2.05, 4.69) is 157 Å². The van der Waals surface area contributed by atoms with Gasteiger partial charge in [-0.2, -0.15) is 0 Å². The van der Waals surface area contributed by atoms with E-state index in [1.807, 2.05) is 0 Å². The maximum Gasteiger partial charge on any atom is 0.0547 e. The third kappa shape index (κ3) is 3.56. The predicted octanol–water partition coefficient (Wildman–Crippen LogP) is 10.7. The van der Waals surface area contributed by atoms with Gasteiger partial charge in [0.2, 0.25) is 0 Å². The average molecular weight is 510 g/mol. The zero-order valence-corrected chi connectivity index (χ0v) is 22.3. The van der Waals surface area contributed by atoms with Crippen molar-refractivity contribution in [1.29, 1.82) is 0 Å². The van der Waals surface area contributed by atoms with Gasteiger partial charge in [0.05, 0.1) is 11.0 Å². The Labute approximate surface area is 233 Å². The minimum Gasteiger partial charge on any atom is -0.309 e. The van der Waals surface area contributed by atoms with Crippen LogP contribution in [0.5, 0.6) is 0 Å². The van der Waals surface area contributed by atoms with Crippen LogP contribution in [0.15, 0.2) is 146 Å². The van der Waals surface area contributed by atoms with Crippen molar-refractivity contribution < 1.29 is 0 Å². The smallest absolute Gasteiger partial charge is 0.0547 e. The molecule has 0 aliphatic heterocycles. The van der Waals surface area contributed by atoms with Crippen molar-refractivity contribution in [1.82, 2.24) is 4.57 Å². The monoisotopic (exact) mass is 509 g/mol. The zero-order chi connectivity index (χ0) is 26.6. The Bertz CT molecular complexity index is 2190. The number of aromatic nitrogens is 1. The van der Waals surface area contributed by atoms with Gasteiger partial charge in [-0.05, 0) is 81.1 Å². The van der Waals surface area contributed by atoms with E-state index in [9.17, 15) is 0 Å². The van der Waals surface area contributed by atoms with Gasteiger partial charge in [0.15, 0.2) is 0 Å². The van der Waals surface area contributed by atoms with Crippen molar-refractivity contribution in [3.05, 3.63) is 151 Å². The molecular formula is C39H27N. The van der Waals surface area contributed by atoms with Gasteiger partial charge >= 0.3 is 0 Å². The lowest BCUT2D eigenvalue weighted by Crippen LogP contribution is -1.94. The molecule has 0 radical (unpaired) electrons. The Morgan fingerprint density at radius 2 is 1.02 bits per heavy atom. The third-order valence-electron chi connectivity index (χ3n) is 8.27. The summed E-state index contributed by atoms with van der Waals surface area (Å²) in [5, 5.41) is 7.68. The molecule has 0 spiro atoms. The van der Waals surface area contributed by atoms with Crippen molar-refractivity contribution >= 4 is 43.4 Å². The van der Waals surface area contributed by atoms with E-state index >= 15 is 0 Å². The summed E-state index contributed by atoms with van der Waals surface area (Å²) in [5.74, 6) is 0. The standard InChI is InChI=1S/C39H27N/c1-26-13-15-27(16-14-26)28-17-21-32(22-18-28)40-37-23-20-31(34-12-6-9-29-7-2-4-10-33(29)34)25-36(37)39-35-11-5-3-8-30(35)19-24-38(39)40/h2-25H,1H3. The molecular weight excluding hydrogens is 482 g/mol. The molecule has 40 heavy (non-hydrogen) atoms. The summed E-state index contributed by atoms with van der Waals surface area (Å²) in [5.41, 5.74) is 9.88. The lowest BCUT2D eigenvalue weighted by Gasteiger charge is -2.11. The molecule has 0 unspecified atom stereocenters. The lowest BCUT2D eigenvalue weighted by molar-refractivity contribution is 1.18. The second kappa shape index (κ2) is 8.97. The van der Waals surface area contributed by atoms with Crippen LogP contribution in [0, 0.1) is 6.92 Å². The second-order valence-electron chi connectivity index (χ2n) is 10.7. The minimum absolute atomic E-state index is 1.17. The van der Waals surface area contributed by atoms with Crippen molar-refractivity contribution in [3.8, 4) is 27.9 Å². The number of aryl methyl sites for hydroxylation is 1. The molecule has 1 heteroatoms. The summed E-state index contributed by atoms with van der Waals surface area (Å²) in [6.45, 7) is 2.13. The largest absolute Gasteiger partial charge is 0.309 e. The van der Waals surface area contributed by atoms with Crippen molar-refractivity contribution in [2.75, 3.05) is 0 Å².